The molecule has 1 aromatic rings. The highest BCUT2D eigenvalue weighted by molar-refractivity contribution is 5.96. The molecule has 6 rings (SSSR count). The van der Waals surface area contributed by atoms with Gasteiger partial charge in [-0.25, -0.2) is 4.68 Å². The van der Waals surface area contributed by atoms with Crippen LogP contribution in [0.2, 0.25) is 0 Å². The van der Waals surface area contributed by atoms with E-state index in [4.69, 9.17) is 4.74 Å². The summed E-state index contributed by atoms with van der Waals surface area (Å²) in [5.41, 5.74) is 0.597. The van der Waals surface area contributed by atoms with E-state index in [0.717, 1.165) is 37.8 Å². The average molecular weight is 409 g/mol. The molecule has 1 aliphatic heterocycles. The fourth-order valence-corrected chi connectivity index (χ4v) is 6.39. The molecular formula is C21H33ClN4O2. The number of ether oxygens (including phenoxy) is 1. The van der Waals surface area contributed by atoms with E-state index in [9.17, 15) is 4.79 Å². The van der Waals surface area contributed by atoms with E-state index in [-0.39, 0.29) is 18.3 Å². The average Bonchev–Trinajstić information content (AvgIpc) is 3.04. The third-order valence-electron chi connectivity index (χ3n) is 7.57. The Labute approximate surface area is 173 Å². The fraction of sp³-hybridized carbons (Fsp3) is 0.810. The molecule has 0 spiro atoms. The molecule has 2 heterocycles. The first-order valence-electron chi connectivity index (χ1n) is 10.8. The Balaban J connectivity index is 0.00000192. The van der Waals surface area contributed by atoms with Crippen LogP contribution in [0.5, 0.6) is 5.88 Å². The van der Waals surface area contributed by atoms with E-state index in [2.05, 4.69) is 15.7 Å². The number of hydrogen-bond donors (Lipinski definition) is 2. The lowest BCUT2D eigenvalue weighted by Crippen LogP contribution is -2.55. The molecule has 1 saturated heterocycles. The van der Waals surface area contributed by atoms with Gasteiger partial charge in [-0.15, -0.1) is 12.4 Å². The number of carbonyl (C=O) groups excluding carboxylic acids is 1. The maximum absolute atomic E-state index is 13.1. The molecule has 4 aliphatic carbocycles. The Kier molecular flexibility index (Phi) is 5.88. The number of piperidine rings is 1. The molecule has 0 radical (unpaired) electrons. The zero-order valence-electron chi connectivity index (χ0n) is 16.7. The number of aryl methyl sites for hydroxylation is 1. The predicted octanol–water partition coefficient (Wildman–Crippen LogP) is 2.77. The zero-order chi connectivity index (χ0) is 18.4. The second-order valence-electron chi connectivity index (χ2n) is 9.42. The van der Waals surface area contributed by atoms with Gasteiger partial charge in [0, 0.05) is 13.1 Å². The van der Waals surface area contributed by atoms with Crippen molar-refractivity contribution >= 4 is 18.3 Å². The summed E-state index contributed by atoms with van der Waals surface area (Å²) < 4.78 is 7.79. The molecule has 1 amide bonds. The van der Waals surface area contributed by atoms with Gasteiger partial charge in [-0.3, -0.25) is 4.79 Å². The first-order valence-corrected chi connectivity index (χ1v) is 10.8. The van der Waals surface area contributed by atoms with Crippen molar-refractivity contribution in [3.05, 3.63) is 11.8 Å². The van der Waals surface area contributed by atoms with Crippen LogP contribution in [0.1, 0.15) is 55.3 Å². The lowest BCUT2D eigenvalue weighted by Gasteiger charge is -2.54. The van der Waals surface area contributed by atoms with Crippen molar-refractivity contribution < 1.29 is 9.53 Å². The Hall–Kier alpha value is -1.27. The first kappa shape index (κ1) is 20.0. The third-order valence-corrected chi connectivity index (χ3v) is 7.57. The lowest BCUT2D eigenvalue weighted by molar-refractivity contribution is -0.0120. The van der Waals surface area contributed by atoms with Gasteiger partial charge in [0.1, 0.15) is 5.56 Å². The highest BCUT2D eigenvalue weighted by Gasteiger charge is 2.48. The number of nitrogens with zero attached hydrogens (tertiary/aromatic N) is 2. The Morgan fingerprint density at radius 1 is 1.18 bits per heavy atom. The predicted molar refractivity (Wildman–Crippen MR) is 110 cm³/mol. The second kappa shape index (κ2) is 8.23. The monoisotopic (exact) mass is 408 g/mol. The van der Waals surface area contributed by atoms with Gasteiger partial charge >= 0.3 is 0 Å². The van der Waals surface area contributed by atoms with E-state index in [1.165, 1.54) is 32.1 Å². The third kappa shape index (κ3) is 3.78. The van der Waals surface area contributed by atoms with Crippen LogP contribution in [0.15, 0.2) is 6.20 Å². The van der Waals surface area contributed by atoms with Crippen LogP contribution in [-0.2, 0) is 7.05 Å². The highest BCUT2D eigenvalue weighted by Crippen LogP contribution is 2.53. The summed E-state index contributed by atoms with van der Waals surface area (Å²) in [6.07, 6.45) is 10.6. The van der Waals surface area contributed by atoms with Crippen LogP contribution in [0.25, 0.3) is 0 Å². The maximum atomic E-state index is 13.1. The molecule has 5 aliphatic rings. The van der Waals surface area contributed by atoms with Gasteiger partial charge in [-0.05, 0) is 87.6 Å². The van der Waals surface area contributed by atoms with Crippen molar-refractivity contribution in [2.24, 2.45) is 36.6 Å². The van der Waals surface area contributed by atoms with Crippen LogP contribution in [0.4, 0.5) is 0 Å². The van der Waals surface area contributed by atoms with Crippen LogP contribution in [0, 0.1) is 29.6 Å². The largest absolute Gasteiger partial charge is 0.477 e. The second-order valence-corrected chi connectivity index (χ2v) is 9.42. The molecule has 7 heteroatoms. The van der Waals surface area contributed by atoms with Crippen molar-refractivity contribution in [1.82, 2.24) is 20.4 Å². The summed E-state index contributed by atoms with van der Waals surface area (Å²) in [6, 6.07) is 0.350. The topological polar surface area (TPSA) is 68.2 Å². The highest BCUT2D eigenvalue weighted by atomic mass is 35.5. The van der Waals surface area contributed by atoms with Gasteiger partial charge in [-0.1, -0.05) is 0 Å². The molecule has 1 aromatic heterocycles. The van der Waals surface area contributed by atoms with Crippen LogP contribution < -0.4 is 15.4 Å². The van der Waals surface area contributed by atoms with Gasteiger partial charge < -0.3 is 15.4 Å². The standard InChI is InChI=1S/C21H32N4O2.ClH/c1-25-21(27-12-13-2-4-22-5-3-13)18(11-23-25)20(26)24-19-16-7-14-6-15(9-16)10-17(19)8-14;/h11,13-17,19,22H,2-10,12H2,1H3,(H,24,26);1H. The molecule has 6 nitrogen and oxygen atoms in total. The van der Waals surface area contributed by atoms with Crippen molar-refractivity contribution in [1.29, 1.82) is 0 Å². The normalized spacial score (nSPS) is 34.1. The number of rotatable bonds is 5. The molecule has 156 valence electrons. The summed E-state index contributed by atoms with van der Waals surface area (Å²) in [5.74, 6) is 4.38. The SMILES string of the molecule is Cl.Cn1ncc(C(=O)NC2C3CC4CC(C3)CC2C4)c1OCC1CCNCC1. The van der Waals surface area contributed by atoms with E-state index in [1.807, 2.05) is 7.05 Å². The van der Waals surface area contributed by atoms with Crippen molar-refractivity contribution in [3.8, 4) is 5.88 Å². The smallest absolute Gasteiger partial charge is 0.258 e. The van der Waals surface area contributed by atoms with Crippen LogP contribution in [-0.4, -0.2) is 41.4 Å². The van der Waals surface area contributed by atoms with Crippen molar-refractivity contribution in [2.45, 2.75) is 51.0 Å². The van der Waals surface area contributed by atoms with Crippen molar-refractivity contribution in [2.75, 3.05) is 19.7 Å². The van der Waals surface area contributed by atoms with Gasteiger partial charge in [0.25, 0.3) is 5.91 Å². The Bertz CT molecular complexity index is 673. The Morgan fingerprint density at radius 3 is 2.46 bits per heavy atom. The van der Waals surface area contributed by atoms with E-state index in [0.29, 0.717) is 41.8 Å². The number of hydrogen-bond acceptors (Lipinski definition) is 4. The summed E-state index contributed by atoms with van der Waals surface area (Å²) in [7, 11) is 1.86. The minimum Gasteiger partial charge on any atom is -0.477 e. The summed E-state index contributed by atoms with van der Waals surface area (Å²) in [6.45, 7) is 2.78. The molecule has 4 saturated carbocycles. The molecule has 0 atom stereocenters. The first-order chi connectivity index (χ1) is 13.2. The van der Waals surface area contributed by atoms with E-state index in [1.54, 1.807) is 10.9 Å². The summed E-state index contributed by atoms with van der Waals surface area (Å²) in [5, 5.41) is 11.1. The minimum absolute atomic E-state index is 0. The maximum Gasteiger partial charge on any atom is 0.258 e. The quantitative estimate of drug-likeness (QED) is 0.786. The van der Waals surface area contributed by atoms with E-state index < -0.39 is 0 Å². The van der Waals surface area contributed by atoms with Crippen molar-refractivity contribution in [3.63, 3.8) is 0 Å². The molecule has 4 bridgehead atoms. The summed E-state index contributed by atoms with van der Waals surface area (Å²) in [4.78, 5) is 13.1. The number of nitrogens with one attached hydrogen (secondary N) is 2. The van der Waals surface area contributed by atoms with Gasteiger partial charge in [0.15, 0.2) is 0 Å². The number of amides is 1. The van der Waals surface area contributed by atoms with Gasteiger partial charge in [0.2, 0.25) is 5.88 Å². The van der Waals surface area contributed by atoms with Crippen LogP contribution >= 0.6 is 12.4 Å². The van der Waals surface area contributed by atoms with E-state index >= 15 is 0 Å². The lowest BCUT2D eigenvalue weighted by atomic mass is 9.54. The molecule has 2 N–H and O–H groups in total. The molecular weight excluding hydrogens is 376 g/mol. The molecule has 5 fully saturated rings. The fourth-order valence-electron chi connectivity index (χ4n) is 6.39. The molecule has 0 aromatic carbocycles. The number of aromatic nitrogens is 2. The van der Waals surface area contributed by atoms with Gasteiger partial charge in [0.05, 0.1) is 12.8 Å². The minimum atomic E-state index is 0. The molecule has 0 unspecified atom stereocenters. The molecule has 28 heavy (non-hydrogen) atoms. The summed E-state index contributed by atoms with van der Waals surface area (Å²) >= 11 is 0. The number of carbonyl (C=O) groups is 1. The van der Waals surface area contributed by atoms with Gasteiger partial charge in [-0.2, -0.15) is 5.10 Å². The van der Waals surface area contributed by atoms with Crippen LogP contribution in [0.3, 0.4) is 0 Å². The zero-order valence-corrected chi connectivity index (χ0v) is 17.5. The Morgan fingerprint density at radius 2 is 1.82 bits per heavy atom. The number of halogens is 1.